The predicted octanol–water partition coefficient (Wildman–Crippen LogP) is 1.09. The lowest BCUT2D eigenvalue weighted by molar-refractivity contribution is -0.134. The third-order valence-electron chi connectivity index (χ3n) is 4.53. The Morgan fingerprint density at radius 2 is 2.05 bits per heavy atom. The summed E-state index contributed by atoms with van der Waals surface area (Å²) in [6.07, 6.45) is 5.90. The molecule has 21 heavy (non-hydrogen) atoms. The maximum atomic E-state index is 12.4. The second-order valence-corrected chi connectivity index (χ2v) is 6.13. The second kappa shape index (κ2) is 9.38. The van der Waals surface area contributed by atoms with Crippen LogP contribution in [0.4, 0.5) is 0 Å². The van der Waals surface area contributed by atoms with Gasteiger partial charge in [-0.2, -0.15) is 0 Å². The molecule has 0 radical (unpaired) electrons. The Balaban J connectivity index is 1.71. The van der Waals surface area contributed by atoms with Gasteiger partial charge in [0.05, 0.1) is 19.1 Å². The SMILES string of the molecule is CCN(CCN1CCCCCC1)C(=O)C[C@H]1CNCCO1. The molecule has 0 saturated carbocycles. The van der Waals surface area contributed by atoms with Crippen molar-refractivity contribution in [3.63, 3.8) is 0 Å². The summed E-state index contributed by atoms with van der Waals surface area (Å²) in [6.45, 7) is 9.55. The molecule has 5 nitrogen and oxygen atoms in total. The minimum absolute atomic E-state index is 0.0542. The highest BCUT2D eigenvalue weighted by Gasteiger charge is 2.21. The summed E-state index contributed by atoms with van der Waals surface area (Å²) in [5.41, 5.74) is 0. The van der Waals surface area contributed by atoms with Crippen LogP contribution in [0.1, 0.15) is 39.0 Å². The Bertz CT molecular complexity index is 298. The number of hydrogen-bond donors (Lipinski definition) is 1. The van der Waals surface area contributed by atoms with E-state index in [2.05, 4.69) is 17.1 Å². The van der Waals surface area contributed by atoms with Crippen molar-refractivity contribution in [1.82, 2.24) is 15.1 Å². The standard InChI is InChI=1S/C16H31N3O2/c1-2-19(11-10-18-8-5-3-4-6-9-18)16(20)13-15-14-17-7-12-21-15/h15,17H,2-14H2,1H3/t15-/m0/s1. The molecule has 2 aliphatic rings. The van der Waals surface area contributed by atoms with Crippen LogP contribution in [0, 0.1) is 0 Å². The number of rotatable bonds is 6. The molecule has 1 atom stereocenters. The highest BCUT2D eigenvalue weighted by atomic mass is 16.5. The van der Waals surface area contributed by atoms with E-state index in [-0.39, 0.29) is 12.0 Å². The smallest absolute Gasteiger partial charge is 0.225 e. The Hall–Kier alpha value is -0.650. The first-order valence-electron chi connectivity index (χ1n) is 8.62. The fraction of sp³-hybridized carbons (Fsp3) is 0.938. The van der Waals surface area contributed by atoms with Crippen LogP contribution in [-0.2, 0) is 9.53 Å². The second-order valence-electron chi connectivity index (χ2n) is 6.13. The average molecular weight is 297 g/mol. The highest BCUT2D eigenvalue weighted by Crippen LogP contribution is 2.10. The van der Waals surface area contributed by atoms with Gasteiger partial charge in [-0.05, 0) is 32.9 Å². The van der Waals surface area contributed by atoms with Crippen LogP contribution >= 0.6 is 0 Å². The predicted molar refractivity (Wildman–Crippen MR) is 84.4 cm³/mol. The minimum Gasteiger partial charge on any atom is -0.375 e. The van der Waals surface area contributed by atoms with Gasteiger partial charge in [-0.25, -0.2) is 0 Å². The quantitative estimate of drug-likeness (QED) is 0.797. The van der Waals surface area contributed by atoms with E-state index in [1.165, 1.54) is 38.8 Å². The maximum Gasteiger partial charge on any atom is 0.225 e. The van der Waals surface area contributed by atoms with E-state index in [0.717, 1.165) is 39.3 Å². The van der Waals surface area contributed by atoms with Crippen molar-refractivity contribution in [3.8, 4) is 0 Å². The van der Waals surface area contributed by atoms with Gasteiger partial charge < -0.3 is 19.9 Å². The Kier molecular flexibility index (Phi) is 7.47. The van der Waals surface area contributed by atoms with E-state index in [1.54, 1.807) is 0 Å². The Morgan fingerprint density at radius 3 is 2.67 bits per heavy atom. The Morgan fingerprint density at radius 1 is 1.29 bits per heavy atom. The van der Waals surface area contributed by atoms with Crippen molar-refractivity contribution in [1.29, 1.82) is 0 Å². The number of hydrogen-bond acceptors (Lipinski definition) is 4. The Labute approximate surface area is 129 Å². The minimum atomic E-state index is 0.0542. The molecule has 0 aliphatic carbocycles. The number of nitrogens with zero attached hydrogens (tertiary/aromatic N) is 2. The van der Waals surface area contributed by atoms with Crippen molar-refractivity contribution in [2.45, 2.75) is 45.1 Å². The summed E-state index contributed by atoms with van der Waals surface area (Å²) >= 11 is 0. The zero-order valence-corrected chi connectivity index (χ0v) is 13.5. The van der Waals surface area contributed by atoms with Gasteiger partial charge in [-0.15, -0.1) is 0 Å². The molecule has 2 fully saturated rings. The molecule has 0 bridgehead atoms. The molecule has 0 aromatic rings. The maximum absolute atomic E-state index is 12.4. The summed E-state index contributed by atoms with van der Waals surface area (Å²) < 4.78 is 5.63. The van der Waals surface area contributed by atoms with Gasteiger partial charge in [0.1, 0.15) is 0 Å². The van der Waals surface area contributed by atoms with Gasteiger partial charge >= 0.3 is 0 Å². The van der Waals surface area contributed by atoms with Gasteiger partial charge in [0, 0.05) is 32.7 Å². The number of carbonyl (C=O) groups excluding carboxylic acids is 1. The van der Waals surface area contributed by atoms with Crippen molar-refractivity contribution >= 4 is 5.91 Å². The number of likely N-dealkylation sites (tertiary alicyclic amines) is 1. The number of ether oxygens (including phenoxy) is 1. The first-order valence-corrected chi connectivity index (χ1v) is 8.62. The van der Waals surface area contributed by atoms with E-state index in [9.17, 15) is 4.79 Å². The third-order valence-corrected chi connectivity index (χ3v) is 4.53. The molecule has 0 unspecified atom stereocenters. The van der Waals surface area contributed by atoms with Gasteiger partial charge in [-0.1, -0.05) is 12.8 Å². The molecule has 2 aliphatic heterocycles. The molecule has 1 N–H and O–H groups in total. The first-order chi connectivity index (χ1) is 10.3. The van der Waals surface area contributed by atoms with Crippen molar-refractivity contribution < 1.29 is 9.53 Å². The van der Waals surface area contributed by atoms with Crippen molar-refractivity contribution in [3.05, 3.63) is 0 Å². The number of nitrogens with one attached hydrogen (secondary N) is 1. The lowest BCUT2D eigenvalue weighted by atomic mass is 10.2. The van der Waals surface area contributed by atoms with Crippen LogP contribution in [0.2, 0.25) is 0 Å². The topological polar surface area (TPSA) is 44.8 Å². The summed E-state index contributed by atoms with van der Waals surface area (Å²) in [6, 6.07) is 0. The molecule has 0 spiro atoms. The zero-order valence-electron chi connectivity index (χ0n) is 13.5. The summed E-state index contributed by atoms with van der Waals surface area (Å²) in [7, 11) is 0. The van der Waals surface area contributed by atoms with Crippen LogP contribution in [0.3, 0.4) is 0 Å². The van der Waals surface area contributed by atoms with Crippen LogP contribution in [-0.4, -0.2) is 74.2 Å². The molecule has 2 rings (SSSR count). The fourth-order valence-electron chi connectivity index (χ4n) is 3.16. The lowest BCUT2D eigenvalue weighted by Gasteiger charge is -2.29. The number of morpholine rings is 1. The zero-order chi connectivity index (χ0) is 14.9. The molecule has 2 saturated heterocycles. The molecule has 2 heterocycles. The van der Waals surface area contributed by atoms with Crippen LogP contribution < -0.4 is 5.32 Å². The highest BCUT2D eigenvalue weighted by molar-refractivity contribution is 5.76. The summed E-state index contributed by atoms with van der Waals surface area (Å²) in [5.74, 6) is 0.237. The lowest BCUT2D eigenvalue weighted by Crippen LogP contribution is -2.44. The molecule has 0 aromatic carbocycles. The van der Waals surface area contributed by atoms with E-state index >= 15 is 0 Å². The van der Waals surface area contributed by atoms with Gasteiger partial charge in [0.15, 0.2) is 0 Å². The molecule has 122 valence electrons. The number of amides is 1. The fourth-order valence-corrected chi connectivity index (χ4v) is 3.16. The van der Waals surface area contributed by atoms with E-state index < -0.39 is 0 Å². The monoisotopic (exact) mass is 297 g/mol. The first kappa shape index (κ1) is 16.7. The van der Waals surface area contributed by atoms with Crippen LogP contribution in [0.15, 0.2) is 0 Å². The van der Waals surface area contributed by atoms with Crippen LogP contribution in [0.25, 0.3) is 0 Å². The number of carbonyl (C=O) groups is 1. The molecular formula is C16H31N3O2. The van der Waals surface area contributed by atoms with Crippen molar-refractivity contribution in [2.24, 2.45) is 0 Å². The molecule has 5 heteroatoms. The van der Waals surface area contributed by atoms with E-state index in [1.807, 2.05) is 4.90 Å². The third kappa shape index (κ3) is 5.93. The summed E-state index contributed by atoms with van der Waals surface area (Å²) in [4.78, 5) is 16.9. The van der Waals surface area contributed by atoms with E-state index in [0.29, 0.717) is 6.42 Å². The van der Waals surface area contributed by atoms with Gasteiger partial charge in [-0.3, -0.25) is 4.79 Å². The van der Waals surface area contributed by atoms with E-state index in [4.69, 9.17) is 4.74 Å². The van der Waals surface area contributed by atoms with Gasteiger partial charge in [0.25, 0.3) is 0 Å². The average Bonchev–Trinajstić information content (AvgIpc) is 2.77. The van der Waals surface area contributed by atoms with Crippen LogP contribution in [0.5, 0.6) is 0 Å². The molecule has 1 amide bonds. The molecular weight excluding hydrogens is 266 g/mol. The normalized spacial score (nSPS) is 24.5. The molecule has 0 aromatic heterocycles. The summed E-state index contributed by atoms with van der Waals surface area (Å²) in [5, 5.41) is 3.28. The largest absolute Gasteiger partial charge is 0.375 e. The van der Waals surface area contributed by atoms with Gasteiger partial charge in [0.2, 0.25) is 5.91 Å². The number of likely N-dealkylation sites (N-methyl/N-ethyl adjacent to an activating group) is 1. The van der Waals surface area contributed by atoms with Crippen molar-refractivity contribution in [2.75, 3.05) is 52.4 Å².